The molecule has 0 spiro atoms. The van der Waals surface area contributed by atoms with Gasteiger partial charge in [-0.25, -0.2) is 0 Å². The van der Waals surface area contributed by atoms with Crippen LogP contribution in [-0.2, 0) is 16.0 Å². The van der Waals surface area contributed by atoms with E-state index in [-0.39, 0.29) is 12.5 Å². The number of carbonyl (C=O) groups excluding carboxylic acids is 2. The van der Waals surface area contributed by atoms with Gasteiger partial charge in [0.05, 0.1) is 6.54 Å². The Morgan fingerprint density at radius 3 is 2.90 bits per heavy atom. The van der Waals surface area contributed by atoms with Crippen molar-refractivity contribution < 1.29 is 9.59 Å². The summed E-state index contributed by atoms with van der Waals surface area (Å²) in [4.78, 5) is 26.7. The van der Waals surface area contributed by atoms with Gasteiger partial charge in [0.1, 0.15) is 0 Å². The topological polar surface area (TPSA) is 65.2 Å². The van der Waals surface area contributed by atoms with Crippen LogP contribution in [0.15, 0.2) is 24.3 Å². The number of hydrogen-bond acceptors (Lipinski definition) is 2. The Balaban J connectivity index is 1.95. The molecule has 0 aliphatic rings. The van der Waals surface area contributed by atoms with Gasteiger partial charge in [0.2, 0.25) is 12.3 Å². The fourth-order valence-electron chi connectivity index (χ4n) is 2.30. The van der Waals surface area contributed by atoms with Gasteiger partial charge in [0.25, 0.3) is 0 Å². The first kappa shape index (κ1) is 14.1. The van der Waals surface area contributed by atoms with E-state index in [2.05, 4.69) is 16.4 Å². The zero-order valence-corrected chi connectivity index (χ0v) is 11.8. The molecule has 1 heterocycles. The van der Waals surface area contributed by atoms with Gasteiger partial charge >= 0.3 is 0 Å². The highest BCUT2D eigenvalue weighted by Gasteiger charge is 2.09. The summed E-state index contributed by atoms with van der Waals surface area (Å²) in [6, 6.07) is 8.13. The molecule has 106 valence electrons. The Bertz CT molecular complexity index is 619. The normalized spacial score (nSPS) is 10.5. The van der Waals surface area contributed by atoms with Crippen LogP contribution in [0.2, 0.25) is 0 Å². The van der Waals surface area contributed by atoms with Crippen molar-refractivity contribution in [3.05, 3.63) is 35.5 Å². The van der Waals surface area contributed by atoms with Crippen molar-refractivity contribution >= 4 is 23.2 Å². The maximum absolute atomic E-state index is 11.6. The molecule has 2 aromatic rings. The quantitative estimate of drug-likeness (QED) is 0.777. The number of nitrogens with zero attached hydrogens (tertiary/aromatic N) is 1. The molecule has 5 heteroatoms. The largest absolute Gasteiger partial charge is 0.358 e. The average Bonchev–Trinajstić information content (AvgIpc) is 2.75. The number of hydrogen-bond donors (Lipinski definition) is 2. The van der Waals surface area contributed by atoms with E-state index < -0.39 is 0 Å². The first-order chi connectivity index (χ1) is 9.61. The molecule has 0 saturated carbocycles. The van der Waals surface area contributed by atoms with Crippen molar-refractivity contribution in [2.45, 2.75) is 13.3 Å². The lowest BCUT2D eigenvalue weighted by Gasteiger charge is -2.10. The van der Waals surface area contributed by atoms with Gasteiger partial charge in [0, 0.05) is 30.2 Å². The smallest absolute Gasteiger partial charge is 0.239 e. The van der Waals surface area contributed by atoms with Crippen LogP contribution in [0.3, 0.4) is 0 Å². The number of nitrogens with one attached hydrogen (secondary N) is 2. The van der Waals surface area contributed by atoms with E-state index in [1.807, 2.05) is 25.1 Å². The zero-order chi connectivity index (χ0) is 14.5. The molecule has 1 aromatic heterocycles. The third kappa shape index (κ3) is 3.17. The van der Waals surface area contributed by atoms with Gasteiger partial charge in [-0.3, -0.25) is 9.59 Å². The fraction of sp³-hybridized carbons (Fsp3) is 0.333. The summed E-state index contributed by atoms with van der Waals surface area (Å²) in [6.45, 7) is 2.70. The van der Waals surface area contributed by atoms with Crippen molar-refractivity contribution in [2.75, 3.05) is 20.1 Å². The van der Waals surface area contributed by atoms with E-state index in [0.29, 0.717) is 13.0 Å². The van der Waals surface area contributed by atoms with Crippen LogP contribution in [0.4, 0.5) is 0 Å². The van der Waals surface area contributed by atoms with Crippen LogP contribution in [0.5, 0.6) is 0 Å². The Morgan fingerprint density at radius 2 is 2.15 bits per heavy atom. The number of aryl methyl sites for hydroxylation is 1. The predicted molar refractivity (Wildman–Crippen MR) is 78.4 cm³/mol. The number of fused-ring (bicyclic) bond motifs is 1. The van der Waals surface area contributed by atoms with E-state index in [1.54, 1.807) is 7.05 Å². The summed E-state index contributed by atoms with van der Waals surface area (Å²) in [5.74, 6) is -0.142. The van der Waals surface area contributed by atoms with E-state index in [4.69, 9.17) is 0 Å². The highest BCUT2D eigenvalue weighted by atomic mass is 16.2. The van der Waals surface area contributed by atoms with Gasteiger partial charge in [-0.15, -0.1) is 0 Å². The molecule has 2 rings (SSSR count). The molecule has 0 aliphatic heterocycles. The Labute approximate surface area is 118 Å². The van der Waals surface area contributed by atoms with E-state index in [0.717, 1.165) is 17.6 Å². The number of para-hydroxylation sites is 1. The summed E-state index contributed by atoms with van der Waals surface area (Å²) in [6.07, 6.45) is 1.41. The fourth-order valence-corrected chi connectivity index (χ4v) is 2.30. The van der Waals surface area contributed by atoms with Crippen molar-refractivity contribution in [3.8, 4) is 0 Å². The highest BCUT2D eigenvalue weighted by molar-refractivity contribution is 5.84. The van der Waals surface area contributed by atoms with Crippen molar-refractivity contribution in [2.24, 2.45) is 0 Å². The van der Waals surface area contributed by atoms with Gasteiger partial charge < -0.3 is 15.2 Å². The minimum absolute atomic E-state index is 0.0936. The lowest BCUT2D eigenvalue weighted by atomic mass is 10.1. The summed E-state index contributed by atoms with van der Waals surface area (Å²) < 4.78 is 0. The lowest BCUT2D eigenvalue weighted by molar-refractivity contribution is -0.127. The number of carbonyl (C=O) groups is 2. The number of aromatic nitrogens is 1. The van der Waals surface area contributed by atoms with Gasteiger partial charge in [-0.2, -0.15) is 0 Å². The molecule has 1 aromatic carbocycles. The molecule has 2 amide bonds. The summed E-state index contributed by atoms with van der Waals surface area (Å²) in [5, 5.41) is 4.02. The van der Waals surface area contributed by atoms with Gasteiger partial charge in [-0.05, 0) is 25.0 Å². The third-order valence-corrected chi connectivity index (χ3v) is 3.30. The first-order valence-corrected chi connectivity index (χ1v) is 6.60. The number of rotatable bonds is 6. The monoisotopic (exact) mass is 273 g/mol. The Kier molecular flexibility index (Phi) is 4.40. The molecule has 0 aliphatic carbocycles. The summed E-state index contributed by atoms with van der Waals surface area (Å²) in [5.41, 5.74) is 3.47. The van der Waals surface area contributed by atoms with E-state index in [1.165, 1.54) is 15.8 Å². The third-order valence-electron chi connectivity index (χ3n) is 3.30. The summed E-state index contributed by atoms with van der Waals surface area (Å²) in [7, 11) is 1.58. The lowest BCUT2D eigenvalue weighted by Crippen LogP contribution is -2.35. The molecular weight excluding hydrogens is 254 g/mol. The standard InChI is InChI=1S/C15H19N3O2/c1-11-12(13-5-3-4-6-14(13)17-11)7-8-16-15(20)9-18(2)10-19/h3-6,10,17H,7-9H2,1-2H3,(H,16,20). The van der Waals surface area contributed by atoms with Crippen LogP contribution in [0.1, 0.15) is 11.3 Å². The molecule has 2 N–H and O–H groups in total. The maximum atomic E-state index is 11.6. The Morgan fingerprint density at radius 1 is 1.40 bits per heavy atom. The van der Waals surface area contributed by atoms with Crippen LogP contribution < -0.4 is 5.32 Å². The van der Waals surface area contributed by atoms with Crippen LogP contribution in [-0.4, -0.2) is 42.3 Å². The second-order valence-electron chi connectivity index (χ2n) is 4.89. The molecule has 0 fully saturated rings. The van der Waals surface area contributed by atoms with Crippen molar-refractivity contribution in [1.29, 1.82) is 0 Å². The number of likely N-dealkylation sites (N-methyl/N-ethyl adjacent to an activating group) is 1. The summed E-state index contributed by atoms with van der Waals surface area (Å²) >= 11 is 0. The SMILES string of the molecule is Cc1[nH]c2ccccc2c1CCNC(=O)CN(C)C=O. The number of amides is 2. The molecule has 5 nitrogen and oxygen atoms in total. The second-order valence-corrected chi connectivity index (χ2v) is 4.89. The van der Waals surface area contributed by atoms with Gasteiger partial charge in [-0.1, -0.05) is 18.2 Å². The first-order valence-electron chi connectivity index (χ1n) is 6.60. The zero-order valence-electron chi connectivity index (χ0n) is 11.8. The van der Waals surface area contributed by atoms with Crippen LogP contribution >= 0.6 is 0 Å². The number of benzene rings is 1. The molecule has 0 unspecified atom stereocenters. The molecule has 0 saturated heterocycles. The second kappa shape index (κ2) is 6.23. The van der Waals surface area contributed by atoms with Gasteiger partial charge in [0.15, 0.2) is 0 Å². The minimum Gasteiger partial charge on any atom is -0.358 e. The van der Waals surface area contributed by atoms with E-state index in [9.17, 15) is 9.59 Å². The highest BCUT2D eigenvalue weighted by Crippen LogP contribution is 2.21. The van der Waals surface area contributed by atoms with Crippen molar-refractivity contribution in [3.63, 3.8) is 0 Å². The Hall–Kier alpha value is -2.30. The predicted octanol–water partition coefficient (Wildman–Crippen LogP) is 1.22. The van der Waals surface area contributed by atoms with E-state index >= 15 is 0 Å². The van der Waals surface area contributed by atoms with Crippen molar-refractivity contribution in [1.82, 2.24) is 15.2 Å². The minimum atomic E-state index is -0.142. The van der Waals surface area contributed by atoms with Crippen LogP contribution in [0, 0.1) is 6.92 Å². The molecule has 20 heavy (non-hydrogen) atoms. The molecular formula is C15H19N3O2. The number of H-pyrrole nitrogens is 1. The molecule has 0 bridgehead atoms. The average molecular weight is 273 g/mol. The maximum Gasteiger partial charge on any atom is 0.239 e. The number of aromatic amines is 1. The molecule has 0 atom stereocenters. The van der Waals surface area contributed by atoms with Crippen LogP contribution in [0.25, 0.3) is 10.9 Å². The molecule has 0 radical (unpaired) electrons.